The van der Waals surface area contributed by atoms with Crippen LogP contribution in [0.3, 0.4) is 0 Å². The molecular weight excluding hydrogens is 394 g/mol. The van der Waals surface area contributed by atoms with Gasteiger partial charge in [-0.3, -0.25) is 14.2 Å². The maximum atomic E-state index is 13.0. The number of benzene rings is 1. The van der Waals surface area contributed by atoms with Crippen molar-refractivity contribution in [3.8, 4) is 0 Å². The Morgan fingerprint density at radius 2 is 2.07 bits per heavy atom. The van der Waals surface area contributed by atoms with Gasteiger partial charge in [0.25, 0.3) is 11.5 Å². The standard InChI is InChI=1S/C19H17N5O2S2/c1-12-9-16(20)24(22-12)17(25)11-28-19-21-15-7-3-2-6-14(15)18(26)23(19)10-13-5-4-8-27-13/h2-9H,10-11,20H2,1H3. The Labute approximate surface area is 168 Å². The van der Waals surface area contributed by atoms with E-state index >= 15 is 0 Å². The molecule has 28 heavy (non-hydrogen) atoms. The second kappa shape index (κ2) is 7.61. The van der Waals surface area contributed by atoms with Crippen molar-refractivity contribution in [2.75, 3.05) is 11.5 Å². The molecule has 3 aromatic heterocycles. The van der Waals surface area contributed by atoms with Crippen molar-refractivity contribution in [3.05, 3.63) is 68.8 Å². The summed E-state index contributed by atoms with van der Waals surface area (Å²) >= 11 is 2.78. The van der Waals surface area contributed by atoms with Gasteiger partial charge < -0.3 is 5.73 Å². The first-order valence-electron chi connectivity index (χ1n) is 8.53. The lowest BCUT2D eigenvalue weighted by molar-refractivity contribution is 0.0929. The number of hydrogen-bond donors (Lipinski definition) is 1. The van der Waals surface area contributed by atoms with E-state index in [4.69, 9.17) is 5.73 Å². The first-order valence-corrected chi connectivity index (χ1v) is 10.4. The molecule has 7 nitrogen and oxygen atoms in total. The summed E-state index contributed by atoms with van der Waals surface area (Å²) in [6.45, 7) is 2.19. The van der Waals surface area contributed by atoms with Crippen molar-refractivity contribution in [1.29, 1.82) is 0 Å². The molecule has 0 aliphatic carbocycles. The topological polar surface area (TPSA) is 95.8 Å². The number of carbonyl (C=O) groups excluding carboxylic acids is 1. The van der Waals surface area contributed by atoms with Crippen LogP contribution in [-0.4, -0.2) is 31.0 Å². The average molecular weight is 412 g/mol. The molecule has 0 amide bonds. The molecule has 0 spiro atoms. The lowest BCUT2D eigenvalue weighted by atomic mass is 10.2. The van der Waals surface area contributed by atoms with Crippen LogP contribution in [-0.2, 0) is 6.54 Å². The highest BCUT2D eigenvalue weighted by molar-refractivity contribution is 7.99. The Morgan fingerprint density at radius 3 is 2.79 bits per heavy atom. The quantitative estimate of drug-likeness (QED) is 0.401. The van der Waals surface area contributed by atoms with Gasteiger partial charge >= 0.3 is 0 Å². The molecule has 4 aromatic rings. The average Bonchev–Trinajstić information content (AvgIpc) is 3.31. The number of anilines is 1. The molecule has 0 aliphatic rings. The van der Waals surface area contributed by atoms with Gasteiger partial charge in [-0.05, 0) is 30.5 Å². The molecular formula is C19H17N5O2S2. The summed E-state index contributed by atoms with van der Waals surface area (Å²) in [5.74, 6) is 0.104. The van der Waals surface area contributed by atoms with E-state index in [2.05, 4.69) is 10.1 Å². The Kier molecular flexibility index (Phi) is 5.01. The van der Waals surface area contributed by atoms with Crippen molar-refractivity contribution in [2.24, 2.45) is 0 Å². The molecule has 1 aromatic carbocycles. The lowest BCUT2D eigenvalue weighted by Crippen LogP contribution is -2.24. The van der Waals surface area contributed by atoms with Crippen molar-refractivity contribution < 1.29 is 4.79 Å². The van der Waals surface area contributed by atoms with Gasteiger partial charge in [-0.25, -0.2) is 4.98 Å². The van der Waals surface area contributed by atoms with Crippen LogP contribution >= 0.6 is 23.1 Å². The summed E-state index contributed by atoms with van der Waals surface area (Å²) in [6, 6.07) is 12.8. The second-order valence-corrected chi connectivity index (χ2v) is 8.16. The van der Waals surface area contributed by atoms with Gasteiger partial charge in [-0.15, -0.1) is 11.3 Å². The molecule has 0 unspecified atom stereocenters. The summed E-state index contributed by atoms with van der Waals surface area (Å²) < 4.78 is 2.80. The van der Waals surface area contributed by atoms with E-state index in [1.54, 1.807) is 41.0 Å². The van der Waals surface area contributed by atoms with Crippen molar-refractivity contribution in [3.63, 3.8) is 0 Å². The van der Waals surface area contributed by atoms with Crippen LogP contribution in [0.25, 0.3) is 10.9 Å². The molecule has 0 radical (unpaired) electrons. The molecule has 9 heteroatoms. The molecule has 2 N–H and O–H groups in total. The number of nitrogens with zero attached hydrogens (tertiary/aromatic N) is 4. The molecule has 0 saturated heterocycles. The number of hydrogen-bond acceptors (Lipinski definition) is 7. The fourth-order valence-corrected chi connectivity index (χ4v) is 4.40. The van der Waals surface area contributed by atoms with Gasteiger partial charge in [0.15, 0.2) is 5.16 Å². The predicted octanol–water partition coefficient (Wildman–Crippen LogP) is 3.03. The minimum atomic E-state index is -0.263. The van der Waals surface area contributed by atoms with E-state index in [0.717, 1.165) is 4.88 Å². The van der Waals surface area contributed by atoms with Crippen molar-refractivity contribution in [2.45, 2.75) is 18.6 Å². The van der Waals surface area contributed by atoms with Crippen molar-refractivity contribution in [1.82, 2.24) is 19.3 Å². The summed E-state index contributed by atoms with van der Waals surface area (Å²) in [7, 11) is 0. The lowest BCUT2D eigenvalue weighted by Gasteiger charge is -2.12. The summed E-state index contributed by atoms with van der Waals surface area (Å²) in [5.41, 5.74) is 6.99. The van der Waals surface area contributed by atoms with E-state index in [1.807, 2.05) is 29.6 Å². The number of thioether (sulfide) groups is 1. The van der Waals surface area contributed by atoms with E-state index in [9.17, 15) is 9.59 Å². The maximum absolute atomic E-state index is 13.0. The second-order valence-electron chi connectivity index (χ2n) is 6.19. The van der Waals surface area contributed by atoms with Crippen LogP contribution < -0.4 is 11.3 Å². The van der Waals surface area contributed by atoms with E-state index in [0.29, 0.717) is 34.1 Å². The Hall–Kier alpha value is -2.91. The smallest absolute Gasteiger partial charge is 0.262 e. The van der Waals surface area contributed by atoms with Gasteiger partial charge in [0.2, 0.25) is 0 Å². The zero-order chi connectivity index (χ0) is 19.7. The Balaban J connectivity index is 1.69. The largest absolute Gasteiger partial charge is 0.383 e. The zero-order valence-electron chi connectivity index (χ0n) is 15.0. The zero-order valence-corrected chi connectivity index (χ0v) is 16.7. The first-order chi connectivity index (χ1) is 13.5. The number of nitrogens with two attached hydrogens (primary N) is 1. The number of aryl methyl sites for hydroxylation is 1. The third kappa shape index (κ3) is 3.58. The van der Waals surface area contributed by atoms with Crippen molar-refractivity contribution >= 4 is 45.7 Å². The van der Waals surface area contributed by atoms with E-state index < -0.39 is 0 Å². The number of nitrogen functional groups attached to an aromatic ring is 1. The summed E-state index contributed by atoms with van der Waals surface area (Å²) in [5, 5.41) is 7.13. The Morgan fingerprint density at radius 1 is 1.25 bits per heavy atom. The number of rotatable bonds is 5. The molecule has 142 valence electrons. The minimum Gasteiger partial charge on any atom is -0.383 e. The highest BCUT2D eigenvalue weighted by Crippen LogP contribution is 2.21. The van der Waals surface area contributed by atoms with Gasteiger partial charge in [-0.2, -0.15) is 9.78 Å². The van der Waals surface area contributed by atoms with Gasteiger partial charge in [0, 0.05) is 10.9 Å². The maximum Gasteiger partial charge on any atom is 0.262 e. The molecule has 0 saturated carbocycles. The first kappa shape index (κ1) is 18.5. The fourth-order valence-electron chi connectivity index (χ4n) is 2.86. The normalized spacial score (nSPS) is 11.2. The number of carbonyl (C=O) groups is 1. The number of para-hydroxylation sites is 1. The highest BCUT2D eigenvalue weighted by Gasteiger charge is 2.16. The molecule has 0 aliphatic heterocycles. The summed E-state index contributed by atoms with van der Waals surface area (Å²) in [4.78, 5) is 31.2. The molecule has 0 atom stereocenters. The van der Waals surface area contributed by atoms with E-state index in [-0.39, 0.29) is 17.2 Å². The van der Waals surface area contributed by atoms with Crippen LogP contribution in [0.4, 0.5) is 5.82 Å². The van der Waals surface area contributed by atoms with E-state index in [1.165, 1.54) is 16.4 Å². The third-order valence-corrected chi connectivity index (χ3v) is 5.96. The van der Waals surface area contributed by atoms with Gasteiger partial charge in [0.05, 0.1) is 28.9 Å². The molecule has 3 heterocycles. The highest BCUT2D eigenvalue weighted by atomic mass is 32.2. The minimum absolute atomic E-state index is 0.0700. The van der Waals surface area contributed by atoms with Gasteiger partial charge in [-0.1, -0.05) is 30.0 Å². The van der Waals surface area contributed by atoms with Crippen LogP contribution in [0.15, 0.2) is 57.8 Å². The van der Waals surface area contributed by atoms with Crippen LogP contribution in [0.1, 0.15) is 15.4 Å². The number of fused-ring (bicyclic) bond motifs is 1. The van der Waals surface area contributed by atoms with Crippen LogP contribution in [0.5, 0.6) is 0 Å². The molecule has 0 fully saturated rings. The molecule has 0 bridgehead atoms. The molecule has 4 rings (SSSR count). The number of thiophene rings is 1. The van der Waals surface area contributed by atoms with Gasteiger partial charge in [0.1, 0.15) is 5.82 Å². The predicted molar refractivity (Wildman–Crippen MR) is 112 cm³/mol. The number of aromatic nitrogens is 4. The third-order valence-electron chi connectivity index (χ3n) is 4.14. The van der Waals surface area contributed by atoms with Crippen LogP contribution in [0.2, 0.25) is 0 Å². The Bertz CT molecular complexity index is 1210. The fraction of sp³-hybridized carbons (Fsp3) is 0.158. The van der Waals surface area contributed by atoms with Crippen LogP contribution in [0, 0.1) is 6.92 Å². The monoisotopic (exact) mass is 411 g/mol. The summed E-state index contributed by atoms with van der Waals surface area (Å²) in [6.07, 6.45) is 0. The SMILES string of the molecule is Cc1cc(N)n(C(=O)CSc2nc3ccccc3c(=O)n2Cc2cccs2)n1.